The Morgan fingerprint density at radius 3 is 2.36 bits per heavy atom. The quantitative estimate of drug-likeness (QED) is 0.865. The van der Waals surface area contributed by atoms with Gasteiger partial charge in [-0.25, -0.2) is 4.79 Å². The molecule has 1 saturated heterocycles. The summed E-state index contributed by atoms with van der Waals surface area (Å²) in [6, 6.07) is 8.75. The number of hydrogen-bond acceptors (Lipinski definition) is 3. The number of rotatable bonds is 4. The molecule has 1 aromatic carbocycles. The first-order valence-corrected chi connectivity index (χ1v) is 7.17. The molecule has 6 nitrogen and oxygen atoms in total. The molecule has 22 heavy (non-hydrogen) atoms. The van der Waals surface area contributed by atoms with Crippen LogP contribution in [0.25, 0.3) is 0 Å². The van der Waals surface area contributed by atoms with Gasteiger partial charge in [-0.2, -0.15) is 0 Å². The molecule has 1 unspecified atom stereocenters. The van der Waals surface area contributed by atoms with Crippen molar-refractivity contribution in [2.45, 2.75) is 45.1 Å². The van der Waals surface area contributed by atoms with Gasteiger partial charge in [0.05, 0.1) is 0 Å². The number of likely N-dealkylation sites (tertiary alicyclic amines) is 1. The number of ether oxygens (including phenoxy) is 1. The predicted molar refractivity (Wildman–Crippen MR) is 81.2 cm³/mol. The van der Waals surface area contributed by atoms with E-state index >= 15 is 0 Å². The highest BCUT2D eigenvalue weighted by atomic mass is 16.5. The van der Waals surface area contributed by atoms with E-state index in [1.165, 1.54) is 12.0 Å². The Balaban J connectivity index is 2.19. The minimum Gasteiger partial charge on any atom is -0.465 e. The Hall–Kier alpha value is -2.08. The van der Waals surface area contributed by atoms with Crippen molar-refractivity contribution in [1.82, 2.24) is 9.80 Å². The van der Waals surface area contributed by atoms with Crippen LogP contribution in [0, 0.1) is 0 Å². The van der Waals surface area contributed by atoms with Crippen molar-refractivity contribution in [3.8, 4) is 0 Å². The van der Waals surface area contributed by atoms with E-state index in [0.717, 1.165) is 5.56 Å². The molecule has 2 amide bonds. The van der Waals surface area contributed by atoms with E-state index in [1.807, 2.05) is 30.3 Å². The lowest BCUT2D eigenvalue weighted by molar-refractivity contribution is -0.196. The molecule has 2 atom stereocenters. The summed E-state index contributed by atoms with van der Waals surface area (Å²) in [5.74, 6) is -0.229. The van der Waals surface area contributed by atoms with Gasteiger partial charge in [0.2, 0.25) is 0 Å². The van der Waals surface area contributed by atoms with E-state index in [9.17, 15) is 14.7 Å². The first kappa shape index (κ1) is 16.3. The van der Waals surface area contributed by atoms with Crippen molar-refractivity contribution in [2.24, 2.45) is 0 Å². The molecule has 1 aliphatic heterocycles. The van der Waals surface area contributed by atoms with E-state index in [4.69, 9.17) is 4.74 Å². The highest BCUT2D eigenvalue weighted by molar-refractivity contribution is 5.92. The summed E-state index contributed by atoms with van der Waals surface area (Å²) in [6.45, 7) is 5.70. The summed E-state index contributed by atoms with van der Waals surface area (Å²) in [4.78, 5) is 26.7. The van der Waals surface area contributed by atoms with E-state index in [2.05, 4.69) is 0 Å². The smallest absolute Gasteiger partial charge is 0.408 e. The number of benzene rings is 1. The van der Waals surface area contributed by atoms with E-state index in [-0.39, 0.29) is 5.91 Å². The molecular formula is C16H22N2O4. The van der Waals surface area contributed by atoms with Gasteiger partial charge in [0.15, 0.2) is 12.3 Å². The molecular weight excluding hydrogens is 284 g/mol. The van der Waals surface area contributed by atoms with Gasteiger partial charge >= 0.3 is 6.09 Å². The molecule has 2 rings (SSSR count). The van der Waals surface area contributed by atoms with Gasteiger partial charge in [-0.05, 0) is 26.3 Å². The third-order valence-corrected chi connectivity index (χ3v) is 3.76. The van der Waals surface area contributed by atoms with Gasteiger partial charge in [0.1, 0.15) is 0 Å². The molecule has 1 heterocycles. The topological polar surface area (TPSA) is 70.1 Å². The largest absolute Gasteiger partial charge is 0.465 e. The Morgan fingerprint density at radius 1 is 1.32 bits per heavy atom. The van der Waals surface area contributed by atoms with Crippen LogP contribution in [-0.2, 0) is 16.1 Å². The standard InChI is InChI=1S/C16H22N2O4/c1-16(2,3)18(15(20)21)12-13(19)17(14(12)22-4)10-11-8-6-5-7-9-11/h5-9,12,14H,10H2,1-4H3,(H,20,21)/t12-,14?/m1/s1. The fourth-order valence-corrected chi connectivity index (χ4v) is 2.77. The van der Waals surface area contributed by atoms with E-state index < -0.39 is 23.9 Å². The van der Waals surface area contributed by atoms with Gasteiger partial charge in [-0.1, -0.05) is 30.3 Å². The van der Waals surface area contributed by atoms with Crippen molar-refractivity contribution in [1.29, 1.82) is 0 Å². The average molecular weight is 306 g/mol. The number of carbonyl (C=O) groups excluding carboxylic acids is 1. The fourth-order valence-electron chi connectivity index (χ4n) is 2.77. The summed E-state index contributed by atoms with van der Waals surface area (Å²) >= 11 is 0. The number of amides is 2. The maximum absolute atomic E-state index is 12.5. The maximum atomic E-state index is 12.5. The third kappa shape index (κ3) is 2.92. The number of methoxy groups -OCH3 is 1. The minimum absolute atomic E-state index is 0.229. The summed E-state index contributed by atoms with van der Waals surface area (Å²) in [5, 5.41) is 9.45. The Kier molecular flexibility index (Phi) is 4.42. The predicted octanol–water partition coefficient (Wildman–Crippen LogP) is 2.15. The average Bonchev–Trinajstić information content (AvgIpc) is 2.44. The van der Waals surface area contributed by atoms with Crippen molar-refractivity contribution < 1.29 is 19.4 Å². The number of carboxylic acid groups (broad SMARTS) is 1. The first-order valence-electron chi connectivity index (χ1n) is 7.17. The molecule has 1 N–H and O–H groups in total. The Morgan fingerprint density at radius 2 is 1.91 bits per heavy atom. The second-order valence-electron chi connectivity index (χ2n) is 6.35. The van der Waals surface area contributed by atoms with Crippen LogP contribution in [0.5, 0.6) is 0 Å². The van der Waals surface area contributed by atoms with Crippen LogP contribution in [0.2, 0.25) is 0 Å². The van der Waals surface area contributed by atoms with Crippen LogP contribution in [0.1, 0.15) is 26.3 Å². The van der Waals surface area contributed by atoms with Crippen LogP contribution >= 0.6 is 0 Å². The second kappa shape index (κ2) is 5.96. The summed E-state index contributed by atoms with van der Waals surface area (Å²) in [7, 11) is 1.49. The van der Waals surface area contributed by atoms with Crippen molar-refractivity contribution in [2.75, 3.05) is 7.11 Å². The van der Waals surface area contributed by atoms with Gasteiger partial charge in [-0.15, -0.1) is 0 Å². The normalized spacial score (nSPS) is 21.5. The molecule has 0 spiro atoms. The Bertz CT molecular complexity index is 553. The number of hydrogen-bond donors (Lipinski definition) is 1. The monoisotopic (exact) mass is 306 g/mol. The van der Waals surface area contributed by atoms with Gasteiger partial charge < -0.3 is 14.7 Å². The summed E-state index contributed by atoms with van der Waals surface area (Å²) in [5.41, 5.74) is 0.302. The number of β-lactam (4-membered cyclic amide) rings is 1. The lowest BCUT2D eigenvalue weighted by Gasteiger charge is -2.52. The van der Waals surface area contributed by atoms with Crippen LogP contribution in [0.15, 0.2) is 30.3 Å². The highest BCUT2D eigenvalue weighted by Crippen LogP contribution is 2.32. The summed E-state index contributed by atoms with van der Waals surface area (Å²) in [6.07, 6.45) is -1.68. The van der Waals surface area contributed by atoms with E-state index in [1.54, 1.807) is 25.7 Å². The molecule has 0 aromatic heterocycles. The van der Waals surface area contributed by atoms with Crippen molar-refractivity contribution >= 4 is 12.0 Å². The zero-order valence-electron chi connectivity index (χ0n) is 13.3. The Labute approximate surface area is 130 Å². The molecule has 0 bridgehead atoms. The van der Waals surface area contributed by atoms with E-state index in [0.29, 0.717) is 6.54 Å². The summed E-state index contributed by atoms with van der Waals surface area (Å²) < 4.78 is 5.38. The van der Waals surface area contributed by atoms with Crippen molar-refractivity contribution in [3.05, 3.63) is 35.9 Å². The number of nitrogens with zero attached hydrogens (tertiary/aromatic N) is 2. The third-order valence-electron chi connectivity index (χ3n) is 3.76. The van der Waals surface area contributed by atoms with Gasteiger partial charge in [0, 0.05) is 19.2 Å². The fraction of sp³-hybridized carbons (Fsp3) is 0.500. The van der Waals surface area contributed by atoms with Crippen LogP contribution < -0.4 is 0 Å². The van der Waals surface area contributed by atoms with Gasteiger partial charge in [-0.3, -0.25) is 9.69 Å². The first-order chi connectivity index (χ1) is 10.3. The highest BCUT2D eigenvalue weighted by Gasteiger charge is 2.55. The molecule has 1 aromatic rings. The van der Waals surface area contributed by atoms with Crippen LogP contribution in [-0.4, -0.2) is 51.8 Å². The van der Waals surface area contributed by atoms with Crippen LogP contribution in [0.4, 0.5) is 4.79 Å². The molecule has 0 saturated carbocycles. The number of carbonyl (C=O) groups is 2. The maximum Gasteiger partial charge on any atom is 0.408 e. The molecule has 0 radical (unpaired) electrons. The van der Waals surface area contributed by atoms with Crippen molar-refractivity contribution in [3.63, 3.8) is 0 Å². The van der Waals surface area contributed by atoms with Crippen LogP contribution in [0.3, 0.4) is 0 Å². The lowest BCUT2D eigenvalue weighted by atomic mass is 9.95. The molecule has 120 valence electrons. The van der Waals surface area contributed by atoms with Gasteiger partial charge in [0.25, 0.3) is 5.91 Å². The zero-order chi connectivity index (χ0) is 16.5. The zero-order valence-corrected chi connectivity index (χ0v) is 13.3. The molecule has 0 aliphatic carbocycles. The minimum atomic E-state index is -1.12. The lowest BCUT2D eigenvalue weighted by Crippen LogP contribution is -2.74. The molecule has 1 fully saturated rings. The SMILES string of the molecule is COC1[C@H](N(C(=O)O)C(C)(C)C)C(=O)N1Cc1ccccc1. The second-order valence-corrected chi connectivity index (χ2v) is 6.35. The molecule has 6 heteroatoms. The molecule has 1 aliphatic rings.